The lowest BCUT2D eigenvalue weighted by Crippen LogP contribution is -2.27. The Morgan fingerprint density at radius 2 is 1.80 bits per heavy atom. The van der Waals surface area contributed by atoms with Crippen molar-refractivity contribution in [3.8, 4) is 0 Å². The Hall–Kier alpha value is -1.17. The second kappa shape index (κ2) is 10.1. The zero-order chi connectivity index (χ0) is 19.0. The van der Waals surface area contributed by atoms with Gasteiger partial charge < -0.3 is 10.5 Å². The molecule has 0 aliphatic heterocycles. The summed E-state index contributed by atoms with van der Waals surface area (Å²) in [5.41, 5.74) is 5.63. The Balaban J connectivity index is 0.000000333. The molecule has 25 heavy (non-hydrogen) atoms. The summed E-state index contributed by atoms with van der Waals surface area (Å²) in [5.74, 6) is 0. The number of hydrogen-bond donors (Lipinski definition) is 1. The highest BCUT2D eigenvalue weighted by molar-refractivity contribution is 9.10. The molecule has 0 spiro atoms. The van der Waals surface area contributed by atoms with E-state index in [4.69, 9.17) is 17.3 Å². The number of ether oxygens (including phenoxy) is 1. The third-order valence-electron chi connectivity index (χ3n) is 2.85. The average Bonchev–Trinajstić information content (AvgIpc) is 2.49. The van der Waals surface area contributed by atoms with E-state index in [-0.39, 0.29) is 0 Å². The lowest BCUT2D eigenvalue weighted by molar-refractivity contribution is 0.0600. The maximum atomic E-state index is 10.0. The van der Waals surface area contributed by atoms with Crippen LogP contribution >= 0.6 is 39.3 Å². The number of amides is 1. The van der Waals surface area contributed by atoms with Crippen LogP contribution in [0.3, 0.4) is 0 Å². The second-order valence-corrected chi connectivity index (χ2v) is 8.66. The van der Waals surface area contributed by atoms with E-state index in [1.54, 1.807) is 32.5 Å². The molecule has 0 bridgehead atoms. The Morgan fingerprint density at radius 3 is 2.24 bits per heavy atom. The standard InChI is InChI=1S/C14H12BrClS.C5H11NO2/c1-2-10-9-11(15)3-8-14(10)17-13-6-4-12(16)5-7-13;1-5(2,3)8-4(6)7/h3-9H,2H2,1H3;1-3H3,(H2,6,7). The molecule has 0 saturated carbocycles. The maximum absolute atomic E-state index is 10.0. The van der Waals surface area contributed by atoms with Gasteiger partial charge in [-0.15, -0.1) is 0 Å². The summed E-state index contributed by atoms with van der Waals surface area (Å²) >= 11 is 11.2. The van der Waals surface area contributed by atoms with Crippen LogP contribution in [-0.4, -0.2) is 11.7 Å². The number of carbonyl (C=O) groups is 1. The van der Waals surface area contributed by atoms with Gasteiger partial charge in [-0.3, -0.25) is 0 Å². The van der Waals surface area contributed by atoms with Gasteiger partial charge in [0.2, 0.25) is 0 Å². The molecular weight excluding hydrogens is 422 g/mol. The molecule has 2 aromatic carbocycles. The first kappa shape index (κ1) is 21.9. The molecule has 0 aliphatic rings. The Labute approximate surface area is 167 Å². The van der Waals surface area contributed by atoms with Gasteiger partial charge >= 0.3 is 6.09 Å². The molecule has 2 rings (SSSR count). The van der Waals surface area contributed by atoms with Gasteiger partial charge in [-0.05, 0) is 75.2 Å². The highest BCUT2D eigenvalue weighted by Crippen LogP contribution is 2.32. The Bertz CT molecular complexity index is 700. The summed E-state index contributed by atoms with van der Waals surface area (Å²) in [6, 6.07) is 14.4. The number of carbonyl (C=O) groups excluding carboxylic acids is 1. The smallest absolute Gasteiger partial charge is 0.405 e. The molecule has 6 heteroatoms. The molecule has 0 saturated heterocycles. The molecule has 0 radical (unpaired) electrons. The van der Waals surface area contributed by atoms with Gasteiger partial charge in [0.1, 0.15) is 5.60 Å². The van der Waals surface area contributed by atoms with Crippen molar-refractivity contribution in [3.63, 3.8) is 0 Å². The minimum Gasteiger partial charge on any atom is -0.444 e. The lowest BCUT2D eigenvalue weighted by atomic mass is 10.2. The fraction of sp³-hybridized carbons (Fsp3) is 0.316. The van der Waals surface area contributed by atoms with Gasteiger partial charge in [-0.25, -0.2) is 4.79 Å². The molecule has 0 heterocycles. The fourth-order valence-electron chi connectivity index (χ4n) is 1.86. The van der Waals surface area contributed by atoms with Crippen LogP contribution in [0.1, 0.15) is 33.3 Å². The number of rotatable bonds is 3. The van der Waals surface area contributed by atoms with Crippen molar-refractivity contribution in [1.29, 1.82) is 0 Å². The first-order valence-electron chi connectivity index (χ1n) is 7.81. The van der Waals surface area contributed by atoms with Crippen LogP contribution < -0.4 is 5.73 Å². The minimum absolute atomic E-state index is 0.453. The van der Waals surface area contributed by atoms with Crippen LogP contribution in [-0.2, 0) is 11.2 Å². The van der Waals surface area contributed by atoms with Crippen LogP contribution in [0.4, 0.5) is 4.79 Å². The van der Waals surface area contributed by atoms with Crippen LogP contribution in [0, 0.1) is 0 Å². The van der Waals surface area contributed by atoms with E-state index in [9.17, 15) is 4.79 Å². The van der Waals surface area contributed by atoms with Gasteiger partial charge in [0.05, 0.1) is 0 Å². The first-order valence-corrected chi connectivity index (χ1v) is 9.79. The molecule has 0 aliphatic carbocycles. The van der Waals surface area contributed by atoms with Crippen molar-refractivity contribution in [1.82, 2.24) is 0 Å². The normalized spacial score (nSPS) is 10.6. The predicted molar refractivity (Wildman–Crippen MR) is 110 cm³/mol. The summed E-state index contributed by atoms with van der Waals surface area (Å²) in [4.78, 5) is 12.5. The maximum Gasteiger partial charge on any atom is 0.405 e. The van der Waals surface area contributed by atoms with Gasteiger partial charge in [0.15, 0.2) is 0 Å². The molecule has 3 nitrogen and oxygen atoms in total. The number of primary amides is 1. The molecule has 0 atom stereocenters. The van der Waals surface area contributed by atoms with Crippen LogP contribution in [0.15, 0.2) is 56.7 Å². The summed E-state index contributed by atoms with van der Waals surface area (Å²) in [7, 11) is 0. The van der Waals surface area contributed by atoms with Gasteiger partial charge in [-0.1, -0.05) is 46.2 Å². The molecule has 136 valence electrons. The van der Waals surface area contributed by atoms with E-state index < -0.39 is 11.7 Å². The summed E-state index contributed by atoms with van der Waals surface area (Å²) in [5, 5.41) is 0.779. The SMILES string of the molecule is CC(C)(C)OC(N)=O.CCc1cc(Br)ccc1Sc1ccc(Cl)cc1. The van der Waals surface area contributed by atoms with E-state index in [0.717, 1.165) is 15.9 Å². The van der Waals surface area contributed by atoms with E-state index in [1.165, 1.54) is 15.4 Å². The zero-order valence-electron chi connectivity index (χ0n) is 14.8. The van der Waals surface area contributed by atoms with Crippen molar-refractivity contribution in [2.45, 2.75) is 49.5 Å². The van der Waals surface area contributed by atoms with Crippen LogP contribution in [0.2, 0.25) is 5.02 Å². The third-order valence-corrected chi connectivity index (χ3v) is 4.72. The number of hydrogen-bond acceptors (Lipinski definition) is 3. The average molecular weight is 445 g/mol. The van der Waals surface area contributed by atoms with Gasteiger partial charge in [-0.2, -0.15) is 0 Å². The largest absolute Gasteiger partial charge is 0.444 e. The monoisotopic (exact) mass is 443 g/mol. The van der Waals surface area contributed by atoms with E-state index >= 15 is 0 Å². The van der Waals surface area contributed by atoms with Crippen molar-refractivity contribution in [2.75, 3.05) is 0 Å². The van der Waals surface area contributed by atoms with Crippen LogP contribution in [0.5, 0.6) is 0 Å². The molecule has 0 aromatic heterocycles. The van der Waals surface area contributed by atoms with Crippen LogP contribution in [0.25, 0.3) is 0 Å². The number of nitrogens with two attached hydrogens (primary N) is 1. The quantitative estimate of drug-likeness (QED) is 0.573. The van der Waals surface area contributed by atoms with Gasteiger partial charge in [0.25, 0.3) is 0 Å². The van der Waals surface area contributed by atoms with Crippen molar-refractivity contribution in [2.24, 2.45) is 5.73 Å². The summed E-state index contributed by atoms with van der Waals surface area (Å²) < 4.78 is 5.71. The lowest BCUT2D eigenvalue weighted by Gasteiger charge is -2.16. The van der Waals surface area contributed by atoms with Crippen molar-refractivity contribution < 1.29 is 9.53 Å². The number of benzene rings is 2. The molecule has 0 unspecified atom stereocenters. The third kappa shape index (κ3) is 9.19. The second-order valence-electron chi connectivity index (χ2n) is 6.20. The topological polar surface area (TPSA) is 52.3 Å². The highest BCUT2D eigenvalue weighted by atomic mass is 79.9. The minimum atomic E-state index is -0.725. The molecule has 0 fully saturated rings. The molecule has 1 amide bonds. The predicted octanol–water partition coefficient (Wildman–Crippen LogP) is 6.70. The zero-order valence-corrected chi connectivity index (χ0v) is 18.0. The number of halogens is 2. The Morgan fingerprint density at radius 1 is 1.20 bits per heavy atom. The molecular formula is C19H23BrClNO2S. The van der Waals surface area contributed by atoms with Crippen molar-refractivity contribution >= 4 is 45.4 Å². The fourth-order valence-corrected chi connectivity index (χ4v) is 3.39. The first-order chi connectivity index (χ1) is 11.6. The summed E-state index contributed by atoms with van der Waals surface area (Å²) in [6.45, 7) is 7.46. The molecule has 2 N–H and O–H groups in total. The Kier molecular flexibility index (Phi) is 8.83. The summed E-state index contributed by atoms with van der Waals surface area (Å²) in [6.07, 6.45) is 0.313. The van der Waals surface area contributed by atoms with E-state index in [0.29, 0.717) is 0 Å². The number of aryl methyl sites for hydroxylation is 1. The van der Waals surface area contributed by atoms with E-state index in [2.05, 4.69) is 57.9 Å². The van der Waals surface area contributed by atoms with Crippen molar-refractivity contribution in [3.05, 3.63) is 57.5 Å². The van der Waals surface area contributed by atoms with E-state index in [1.807, 2.05) is 12.1 Å². The van der Waals surface area contributed by atoms with Gasteiger partial charge in [0, 0.05) is 19.3 Å². The highest BCUT2D eigenvalue weighted by Gasteiger charge is 2.12. The molecule has 2 aromatic rings.